The molecule has 0 heterocycles. The van der Waals surface area contributed by atoms with Gasteiger partial charge in [-0.1, -0.05) is 0 Å². The van der Waals surface area contributed by atoms with Crippen LogP contribution in [0.5, 0.6) is 0 Å². The Morgan fingerprint density at radius 1 is 0.458 bits per heavy atom. The summed E-state index contributed by atoms with van der Waals surface area (Å²) in [4.78, 5) is 0. The normalized spacial score (nSPS) is 11.1. The van der Waals surface area contributed by atoms with Crippen molar-refractivity contribution in [1.29, 1.82) is 0 Å². The van der Waals surface area contributed by atoms with Crippen molar-refractivity contribution in [2.24, 2.45) is 0 Å². The fourth-order valence-electron chi connectivity index (χ4n) is 2.25. The molecule has 3 aromatic rings. The molecule has 0 aliphatic heterocycles. The Labute approximate surface area is 139 Å². The SMILES string of the molecule is Fc1c(F)c(F)c([Se+](c2ccccc2)c2ccccc2)c(F)c1F. The Hall–Kier alpha value is -2.17. The molecule has 24 heavy (non-hydrogen) atoms. The molecule has 0 atom stereocenters. The van der Waals surface area contributed by atoms with Crippen LogP contribution in [0.1, 0.15) is 0 Å². The van der Waals surface area contributed by atoms with E-state index in [1.807, 2.05) is 0 Å². The molecule has 0 amide bonds. The monoisotopic (exact) mass is 401 g/mol. The number of hydrogen-bond acceptors (Lipinski definition) is 0. The average Bonchev–Trinajstić information content (AvgIpc) is 2.63. The molecular formula is C18H10F5Se+. The summed E-state index contributed by atoms with van der Waals surface area (Å²) in [6.07, 6.45) is 0. The Morgan fingerprint density at radius 2 is 0.792 bits per heavy atom. The number of benzene rings is 3. The summed E-state index contributed by atoms with van der Waals surface area (Å²) in [6, 6.07) is 16.6. The molecule has 3 rings (SSSR count). The van der Waals surface area contributed by atoms with Gasteiger partial charge in [0.1, 0.15) is 0 Å². The van der Waals surface area contributed by atoms with Gasteiger partial charge in [0, 0.05) is 0 Å². The van der Waals surface area contributed by atoms with Crippen LogP contribution in [0.4, 0.5) is 22.0 Å². The molecule has 0 unspecified atom stereocenters. The van der Waals surface area contributed by atoms with Gasteiger partial charge in [-0.05, 0) is 0 Å². The van der Waals surface area contributed by atoms with Crippen molar-refractivity contribution in [3.8, 4) is 0 Å². The third kappa shape index (κ3) is 2.83. The Morgan fingerprint density at radius 3 is 1.17 bits per heavy atom. The standard InChI is InChI=1S/C18H10F5Se/c19-13-14(20)16(22)18(17(23)15(13)21)24(11-7-3-1-4-8-11)12-9-5-2-6-10-12/h1-10H/q+1. The average molecular weight is 400 g/mol. The van der Waals surface area contributed by atoms with Crippen molar-refractivity contribution in [3.05, 3.63) is 89.7 Å². The summed E-state index contributed by atoms with van der Waals surface area (Å²) >= 11 is -2.69. The second kappa shape index (κ2) is 6.75. The van der Waals surface area contributed by atoms with E-state index in [0.717, 1.165) is 0 Å². The van der Waals surface area contributed by atoms with Gasteiger partial charge in [0.25, 0.3) is 0 Å². The van der Waals surface area contributed by atoms with Crippen LogP contribution in [0.3, 0.4) is 0 Å². The van der Waals surface area contributed by atoms with Gasteiger partial charge in [-0.15, -0.1) is 0 Å². The number of halogens is 5. The van der Waals surface area contributed by atoms with Gasteiger partial charge >= 0.3 is 139 Å². The van der Waals surface area contributed by atoms with Gasteiger partial charge in [0.2, 0.25) is 0 Å². The molecule has 0 bridgehead atoms. The van der Waals surface area contributed by atoms with Crippen LogP contribution in [0.2, 0.25) is 0 Å². The van der Waals surface area contributed by atoms with Crippen molar-refractivity contribution in [1.82, 2.24) is 0 Å². The maximum absolute atomic E-state index is 14.3. The minimum absolute atomic E-state index is 0.548. The van der Waals surface area contributed by atoms with Gasteiger partial charge in [-0.3, -0.25) is 0 Å². The van der Waals surface area contributed by atoms with Crippen LogP contribution in [0, 0.1) is 29.1 Å². The van der Waals surface area contributed by atoms with E-state index in [-0.39, 0.29) is 0 Å². The third-order valence-electron chi connectivity index (χ3n) is 3.33. The number of hydrogen-bond donors (Lipinski definition) is 0. The van der Waals surface area contributed by atoms with Gasteiger partial charge in [-0.2, -0.15) is 0 Å². The third-order valence-corrected chi connectivity index (χ3v) is 8.06. The van der Waals surface area contributed by atoms with Gasteiger partial charge in [-0.25, -0.2) is 0 Å². The van der Waals surface area contributed by atoms with Crippen molar-refractivity contribution in [3.63, 3.8) is 0 Å². The second-order valence-electron chi connectivity index (χ2n) is 4.83. The predicted octanol–water partition coefficient (Wildman–Crippen LogP) is 2.90. The van der Waals surface area contributed by atoms with Gasteiger partial charge < -0.3 is 0 Å². The van der Waals surface area contributed by atoms with Crippen molar-refractivity contribution in [2.45, 2.75) is 0 Å². The zero-order valence-electron chi connectivity index (χ0n) is 12.1. The van der Waals surface area contributed by atoms with Crippen LogP contribution in [0.25, 0.3) is 0 Å². The maximum atomic E-state index is 14.3. The Bertz CT molecular complexity index is 797. The second-order valence-corrected chi connectivity index (χ2v) is 8.95. The first kappa shape index (κ1) is 16.7. The van der Waals surface area contributed by atoms with Crippen LogP contribution in [-0.2, 0) is 0 Å². The van der Waals surface area contributed by atoms with Crippen molar-refractivity contribution < 1.29 is 22.0 Å². The fourth-order valence-corrected chi connectivity index (χ4v) is 6.74. The summed E-state index contributed by atoms with van der Waals surface area (Å²) in [5.74, 6) is -9.48. The fraction of sp³-hybridized carbons (Fsp3) is 0. The van der Waals surface area contributed by atoms with E-state index >= 15 is 0 Å². The quantitative estimate of drug-likeness (QED) is 0.275. The van der Waals surface area contributed by atoms with E-state index in [2.05, 4.69) is 0 Å². The first-order valence-electron chi connectivity index (χ1n) is 6.88. The summed E-state index contributed by atoms with van der Waals surface area (Å²) in [6.45, 7) is 0. The molecule has 6 heteroatoms. The van der Waals surface area contributed by atoms with E-state index in [1.165, 1.54) is 0 Å². The van der Waals surface area contributed by atoms with Gasteiger partial charge in [0.05, 0.1) is 0 Å². The van der Waals surface area contributed by atoms with Crippen LogP contribution in [0.15, 0.2) is 60.7 Å². The van der Waals surface area contributed by atoms with Crippen LogP contribution < -0.4 is 13.4 Å². The first-order valence-corrected chi connectivity index (χ1v) is 9.45. The van der Waals surface area contributed by atoms with E-state index in [9.17, 15) is 22.0 Å². The molecule has 3 aromatic carbocycles. The molecule has 0 saturated heterocycles. The molecule has 0 aliphatic rings. The summed E-state index contributed by atoms with van der Waals surface area (Å²) in [5, 5.41) is 0. The zero-order valence-corrected chi connectivity index (χ0v) is 13.8. The minimum atomic E-state index is -2.69. The Kier molecular flexibility index (Phi) is 4.69. The van der Waals surface area contributed by atoms with Gasteiger partial charge in [0.15, 0.2) is 0 Å². The summed E-state index contributed by atoms with van der Waals surface area (Å²) in [7, 11) is 0. The molecule has 0 fully saturated rings. The number of rotatable bonds is 3. The molecule has 0 aromatic heterocycles. The van der Waals surface area contributed by atoms with Crippen LogP contribution in [-0.4, -0.2) is 13.9 Å². The molecule has 0 radical (unpaired) electrons. The summed E-state index contributed by atoms with van der Waals surface area (Å²) in [5.41, 5.74) is 0. The Balaban J connectivity index is 2.33. The molecule has 0 saturated carbocycles. The molecule has 0 spiro atoms. The first-order chi connectivity index (χ1) is 11.5. The molecule has 0 N–H and O–H groups in total. The predicted molar refractivity (Wildman–Crippen MR) is 83.8 cm³/mol. The molecule has 122 valence electrons. The summed E-state index contributed by atoms with van der Waals surface area (Å²) < 4.78 is 69.7. The van der Waals surface area contributed by atoms with E-state index in [1.54, 1.807) is 60.7 Å². The zero-order chi connectivity index (χ0) is 17.3. The molecule has 0 nitrogen and oxygen atoms in total. The van der Waals surface area contributed by atoms with Crippen LogP contribution >= 0.6 is 0 Å². The van der Waals surface area contributed by atoms with Crippen molar-refractivity contribution in [2.75, 3.05) is 0 Å². The van der Waals surface area contributed by atoms with E-state index in [4.69, 9.17) is 0 Å². The molecular weight excluding hydrogens is 390 g/mol. The topological polar surface area (TPSA) is 0 Å². The van der Waals surface area contributed by atoms with E-state index in [0.29, 0.717) is 8.92 Å². The van der Waals surface area contributed by atoms with Crippen molar-refractivity contribution >= 4 is 27.3 Å². The van der Waals surface area contributed by atoms with E-state index < -0.39 is 47.4 Å². The molecule has 0 aliphatic carbocycles.